The molecule has 0 saturated heterocycles. The first-order valence-electron chi connectivity index (χ1n) is 12.4. The van der Waals surface area contributed by atoms with Crippen LogP contribution in [0.5, 0.6) is 0 Å². The first-order valence-corrected chi connectivity index (χ1v) is 12.4. The quantitative estimate of drug-likeness (QED) is 0.639. The van der Waals surface area contributed by atoms with Gasteiger partial charge in [0.15, 0.2) is 0 Å². The van der Waals surface area contributed by atoms with Crippen molar-refractivity contribution < 1.29 is 19.5 Å². The van der Waals surface area contributed by atoms with E-state index in [1.54, 1.807) is 0 Å². The van der Waals surface area contributed by atoms with Crippen LogP contribution in [0.25, 0.3) is 0 Å². The lowest BCUT2D eigenvalue weighted by Gasteiger charge is -2.61. The Morgan fingerprint density at radius 1 is 1.07 bits per heavy atom. The molecule has 0 amide bonds. The molecule has 0 bridgehead atoms. The van der Waals surface area contributed by atoms with Crippen LogP contribution in [0.2, 0.25) is 0 Å². The minimum Gasteiger partial charge on any atom is -0.481 e. The van der Waals surface area contributed by atoms with Gasteiger partial charge in [-0.2, -0.15) is 0 Å². The van der Waals surface area contributed by atoms with Crippen LogP contribution in [0, 0.1) is 52.3 Å². The second-order valence-corrected chi connectivity index (χ2v) is 11.6. The lowest BCUT2D eigenvalue weighted by atomic mass is 9.42. The summed E-state index contributed by atoms with van der Waals surface area (Å²) in [4.78, 5) is 37.3. The van der Waals surface area contributed by atoms with Crippen molar-refractivity contribution in [3.05, 3.63) is 0 Å². The van der Waals surface area contributed by atoms with Gasteiger partial charge in [0.05, 0.1) is 0 Å². The molecule has 4 aliphatic rings. The molecule has 4 saturated carbocycles. The van der Waals surface area contributed by atoms with E-state index in [-0.39, 0.29) is 35.0 Å². The molecule has 0 radical (unpaired) electrons. The summed E-state index contributed by atoms with van der Waals surface area (Å²) in [5, 5.41) is 9.14. The minimum absolute atomic E-state index is 0.0475. The smallest absolute Gasteiger partial charge is 0.303 e. The molecule has 168 valence electrons. The molecule has 0 heterocycles. The fourth-order valence-electron chi connectivity index (χ4n) is 8.97. The molecule has 0 unspecified atom stereocenters. The van der Waals surface area contributed by atoms with Crippen molar-refractivity contribution in [3.8, 4) is 0 Å². The number of carboxylic acid groups (broad SMARTS) is 1. The molecule has 1 N–H and O–H groups in total. The predicted molar refractivity (Wildman–Crippen MR) is 116 cm³/mol. The van der Waals surface area contributed by atoms with Gasteiger partial charge in [0.1, 0.15) is 11.6 Å². The number of carbonyl (C=O) groups is 3. The van der Waals surface area contributed by atoms with Gasteiger partial charge in [0.2, 0.25) is 0 Å². The summed E-state index contributed by atoms with van der Waals surface area (Å²) in [5.74, 6) is 2.34. The molecular weight excluding hydrogens is 376 g/mol. The third-order valence-corrected chi connectivity index (χ3v) is 10.5. The minimum atomic E-state index is -0.704. The highest BCUT2D eigenvalue weighted by molar-refractivity contribution is 5.88. The van der Waals surface area contributed by atoms with Crippen LogP contribution in [0.3, 0.4) is 0 Å². The summed E-state index contributed by atoms with van der Waals surface area (Å²) in [5.41, 5.74) is 0.280. The highest BCUT2D eigenvalue weighted by atomic mass is 16.4. The van der Waals surface area contributed by atoms with E-state index in [0.29, 0.717) is 48.1 Å². The maximum atomic E-state index is 13.9. The Kier molecular flexibility index (Phi) is 5.68. The van der Waals surface area contributed by atoms with E-state index < -0.39 is 5.97 Å². The molecule has 4 fully saturated rings. The summed E-state index contributed by atoms with van der Waals surface area (Å²) in [6.45, 7) is 9.18. The molecule has 30 heavy (non-hydrogen) atoms. The molecular formula is C26H40O4. The summed E-state index contributed by atoms with van der Waals surface area (Å²) < 4.78 is 0. The molecule has 0 aromatic carbocycles. The SMILES string of the molecule is CC[C@H]1C(=O)[C@@H]2[C@H](CC[C@]3(C)[C@@H]([C@H](C)CCC(=O)O)CC[C@@H]23)[C@@]2(C)CCC(=O)C[C@@H]12. The lowest BCUT2D eigenvalue weighted by Crippen LogP contribution is -2.60. The Balaban J connectivity index is 1.63. The van der Waals surface area contributed by atoms with Gasteiger partial charge in [-0.3, -0.25) is 14.4 Å². The number of fused-ring (bicyclic) bond motifs is 5. The fraction of sp³-hybridized carbons (Fsp3) is 0.885. The molecule has 9 atom stereocenters. The molecule has 4 nitrogen and oxygen atoms in total. The maximum Gasteiger partial charge on any atom is 0.303 e. The van der Waals surface area contributed by atoms with Gasteiger partial charge < -0.3 is 5.11 Å². The van der Waals surface area contributed by atoms with Crippen molar-refractivity contribution in [1.29, 1.82) is 0 Å². The van der Waals surface area contributed by atoms with E-state index in [1.807, 2.05) is 0 Å². The highest BCUT2D eigenvalue weighted by Crippen LogP contribution is 2.68. The fourth-order valence-corrected chi connectivity index (χ4v) is 8.97. The monoisotopic (exact) mass is 416 g/mol. The Morgan fingerprint density at radius 3 is 2.43 bits per heavy atom. The largest absolute Gasteiger partial charge is 0.481 e. The third-order valence-electron chi connectivity index (χ3n) is 10.5. The van der Waals surface area contributed by atoms with Crippen molar-refractivity contribution in [2.24, 2.45) is 52.3 Å². The summed E-state index contributed by atoms with van der Waals surface area (Å²) >= 11 is 0. The number of ketones is 2. The van der Waals surface area contributed by atoms with Crippen LogP contribution in [0.4, 0.5) is 0 Å². The number of rotatable bonds is 5. The predicted octanol–water partition coefficient (Wildman–Crippen LogP) is 5.53. The van der Waals surface area contributed by atoms with E-state index in [2.05, 4.69) is 27.7 Å². The number of Topliss-reactive ketones (excluding diaryl/α,β-unsaturated/α-hetero) is 2. The zero-order chi connectivity index (χ0) is 21.8. The molecule has 4 rings (SSSR count). The molecule has 0 aliphatic heterocycles. The van der Waals surface area contributed by atoms with Gasteiger partial charge in [-0.25, -0.2) is 0 Å². The zero-order valence-electron chi connectivity index (χ0n) is 19.3. The van der Waals surface area contributed by atoms with Gasteiger partial charge in [-0.05, 0) is 85.4 Å². The second-order valence-electron chi connectivity index (χ2n) is 11.6. The topological polar surface area (TPSA) is 71.4 Å². The number of carboxylic acids is 1. The number of hydrogen-bond donors (Lipinski definition) is 1. The first-order chi connectivity index (χ1) is 14.1. The number of hydrogen-bond acceptors (Lipinski definition) is 3. The Labute approximate surface area is 181 Å². The number of aliphatic carboxylic acids is 1. The van der Waals surface area contributed by atoms with Gasteiger partial charge in [-0.15, -0.1) is 0 Å². The number of carbonyl (C=O) groups excluding carboxylic acids is 2. The Morgan fingerprint density at radius 2 is 1.77 bits per heavy atom. The van der Waals surface area contributed by atoms with E-state index >= 15 is 0 Å². The van der Waals surface area contributed by atoms with Crippen LogP contribution in [0.15, 0.2) is 0 Å². The van der Waals surface area contributed by atoms with Crippen LogP contribution < -0.4 is 0 Å². The summed E-state index contributed by atoms with van der Waals surface area (Å²) in [7, 11) is 0. The van der Waals surface area contributed by atoms with Crippen LogP contribution in [0.1, 0.15) is 91.9 Å². The van der Waals surface area contributed by atoms with E-state index in [1.165, 1.54) is 0 Å². The van der Waals surface area contributed by atoms with Crippen LogP contribution in [-0.2, 0) is 14.4 Å². The van der Waals surface area contributed by atoms with E-state index in [0.717, 1.165) is 44.9 Å². The lowest BCUT2D eigenvalue weighted by molar-refractivity contribution is -0.169. The first kappa shape index (κ1) is 22.0. The average molecular weight is 417 g/mol. The van der Waals surface area contributed by atoms with E-state index in [4.69, 9.17) is 5.11 Å². The summed E-state index contributed by atoms with van der Waals surface area (Å²) in [6, 6.07) is 0. The Hall–Kier alpha value is -1.19. The molecule has 0 spiro atoms. The van der Waals surface area contributed by atoms with Crippen molar-refractivity contribution in [2.75, 3.05) is 0 Å². The van der Waals surface area contributed by atoms with Gasteiger partial charge in [0.25, 0.3) is 0 Å². The Bertz CT molecular complexity index is 729. The van der Waals surface area contributed by atoms with Gasteiger partial charge in [0, 0.05) is 31.1 Å². The van der Waals surface area contributed by atoms with Gasteiger partial charge in [-0.1, -0.05) is 27.7 Å². The van der Waals surface area contributed by atoms with Crippen molar-refractivity contribution >= 4 is 17.5 Å². The molecule has 0 aromatic heterocycles. The molecule has 4 heteroatoms. The highest BCUT2D eigenvalue weighted by Gasteiger charge is 2.65. The molecule has 0 aromatic rings. The average Bonchev–Trinajstić information content (AvgIpc) is 3.05. The maximum absolute atomic E-state index is 13.9. The van der Waals surface area contributed by atoms with E-state index in [9.17, 15) is 14.4 Å². The van der Waals surface area contributed by atoms with Crippen molar-refractivity contribution in [3.63, 3.8) is 0 Å². The summed E-state index contributed by atoms with van der Waals surface area (Å²) in [6.07, 6.45) is 8.61. The normalized spacial score (nSPS) is 46.7. The van der Waals surface area contributed by atoms with Crippen molar-refractivity contribution in [1.82, 2.24) is 0 Å². The van der Waals surface area contributed by atoms with Crippen LogP contribution >= 0.6 is 0 Å². The van der Waals surface area contributed by atoms with Crippen LogP contribution in [-0.4, -0.2) is 22.6 Å². The molecule has 4 aliphatic carbocycles. The zero-order valence-corrected chi connectivity index (χ0v) is 19.3. The third kappa shape index (κ3) is 3.19. The second kappa shape index (κ2) is 7.74. The van der Waals surface area contributed by atoms with Gasteiger partial charge >= 0.3 is 5.97 Å². The standard InChI is InChI=1S/C26H40O4/c1-5-17-21-14-16(27)10-12-26(21,4)20-11-13-25(3)18(15(2)6-9-22(28)29)7-8-19(25)23(20)24(17)30/h15,17-21,23H,5-14H2,1-4H3,(H,28,29)/t15-,17-,18-,19+,20+,21+,23+,25-,26-/m1/s1. The van der Waals surface area contributed by atoms with Crippen molar-refractivity contribution in [2.45, 2.75) is 91.9 Å².